The third-order valence-corrected chi connectivity index (χ3v) is 5.31. The standard InChI is InChI=1S/C19H21N3OS/c20-14-16-9-12-24-19(16)21-18(23)8-11-22-10-4-7-17(22)13-15-5-2-1-3-6-15/h1-3,5-6,9,12,17H,4,7-8,10-11,13H2,(H,21,23)/t17-/m1/s1. The van der Waals surface area contributed by atoms with Gasteiger partial charge in [0.15, 0.2) is 0 Å². The van der Waals surface area contributed by atoms with Gasteiger partial charge < -0.3 is 5.32 Å². The fourth-order valence-electron chi connectivity index (χ4n) is 3.24. The van der Waals surface area contributed by atoms with Crippen LogP contribution < -0.4 is 5.32 Å². The van der Waals surface area contributed by atoms with E-state index in [1.54, 1.807) is 6.07 Å². The highest BCUT2D eigenvalue weighted by atomic mass is 32.1. The van der Waals surface area contributed by atoms with Crippen molar-refractivity contribution in [1.29, 1.82) is 5.26 Å². The Morgan fingerprint density at radius 1 is 1.33 bits per heavy atom. The molecule has 3 rings (SSSR count). The molecule has 1 atom stereocenters. The van der Waals surface area contributed by atoms with Gasteiger partial charge in [-0.3, -0.25) is 9.69 Å². The smallest absolute Gasteiger partial charge is 0.226 e. The van der Waals surface area contributed by atoms with Gasteiger partial charge in [-0.1, -0.05) is 30.3 Å². The van der Waals surface area contributed by atoms with Crippen molar-refractivity contribution in [2.75, 3.05) is 18.4 Å². The minimum Gasteiger partial charge on any atom is -0.317 e. The third-order valence-electron chi connectivity index (χ3n) is 4.48. The zero-order chi connectivity index (χ0) is 16.8. The van der Waals surface area contributed by atoms with Crippen LogP contribution >= 0.6 is 11.3 Å². The molecule has 0 aliphatic carbocycles. The summed E-state index contributed by atoms with van der Waals surface area (Å²) < 4.78 is 0. The lowest BCUT2D eigenvalue weighted by atomic mass is 10.0. The Labute approximate surface area is 146 Å². The first-order valence-electron chi connectivity index (χ1n) is 8.31. The summed E-state index contributed by atoms with van der Waals surface area (Å²) in [6.45, 7) is 1.84. The summed E-state index contributed by atoms with van der Waals surface area (Å²) >= 11 is 1.39. The molecule has 124 valence electrons. The first-order valence-corrected chi connectivity index (χ1v) is 9.19. The topological polar surface area (TPSA) is 56.1 Å². The second-order valence-corrected chi connectivity index (χ2v) is 7.01. The number of thiophene rings is 1. The lowest BCUT2D eigenvalue weighted by Crippen LogP contribution is -2.33. The van der Waals surface area contributed by atoms with Gasteiger partial charge in [0.2, 0.25) is 5.91 Å². The number of amides is 1. The lowest BCUT2D eigenvalue weighted by Gasteiger charge is -2.24. The highest BCUT2D eigenvalue weighted by Gasteiger charge is 2.24. The number of likely N-dealkylation sites (tertiary alicyclic amines) is 1. The van der Waals surface area contributed by atoms with Crippen LogP contribution in [0.25, 0.3) is 0 Å². The van der Waals surface area contributed by atoms with Gasteiger partial charge in [-0.05, 0) is 42.8 Å². The zero-order valence-corrected chi connectivity index (χ0v) is 14.4. The Bertz CT molecular complexity index is 720. The van der Waals surface area contributed by atoms with Crippen LogP contribution in [0.4, 0.5) is 5.00 Å². The van der Waals surface area contributed by atoms with Gasteiger partial charge >= 0.3 is 0 Å². The molecule has 1 aliphatic rings. The predicted octanol–water partition coefficient (Wildman–Crippen LogP) is 3.66. The number of nitrogens with one attached hydrogen (secondary N) is 1. The molecule has 0 bridgehead atoms. The number of rotatable bonds is 6. The van der Waals surface area contributed by atoms with E-state index in [0.717, 1.165) is 19.5 Å². The monoisotopic (exact) mass is 339 g/mol. The molecule has 1 aromatic carbocycles. The fourth-order valence-corrected chi connectivity index (χ4v) is 3.99. The van der Waals surface area contributed by atoms with Crippen LogP contribution in [-0.2, 0) is 11.2 Å². The van der Waals surface area contributed by atoms with Crippen molar-refractivity contribution in [3.05, 3.63) is 52.9 Å². The van der Waals surface area contributed by atoms with E-state index >= 15 is 0 Å². The maximum Gasteiger partial charge on any atom is 0.226 e. The highest BCUT2D eigenvalue weighted by molar-refractivity contribution is 7.14. The summed E-state index contributed by atoms with van der Waals surface area (Å²) in [5.41, 5.74) is 1.90. The number of hydrogen-bond donors (Lipinski definition) is 1. The predicted molar refractivity (Wildman–Crippen MR) is 97.0 cm³/mol. The second kappa shape index (κ2) is 8.09. The summed E-state index contributed by atoms with van der Waals surface area (Å²) in [6.07, 6.45) is 3.91. The van der Waals surface area contributed by atoms with Gasteiger partial charge in [-0.2, -0.15) is 5.26 Å². The molecule has 5 heteroatoms. The summed E-state index contributed by atoms with van der Waals surface area (Å²) in [7, 11) is 0. The van der Waals surface area contributed by atoms with Crippen LogP contribution in [0.2, 0.25) is 0 Å². The number of carbonyl (C=O) groups excluding carboxylic acids is 1. The molecular formula is C19H21N3OS. The van der Waals surface area contributed by atoms with Gasteiger partial charge in [0.25, 0.3) is 0 Å². The molecule has 0 spiro atoms. The van der Waals surface area contributed by atoms with Crippen LogP contribution in [-0.4, -0.2) is 29.9 Å². The molecule has 0 unspecified atom stereocenters. The highest BCUT2D eigenvalue weighted by Crippen LogP contribution is 2.23. The molecule has 1 aromatic heterocycles. The van der Waals surface area contributed by atoms with Gasteiger partial charge in [0, 0.05) is 19.0 Å². The van der Waals surface area contributed by atoms with Crippen molar-refractivity contribution in [1.82, 2.24) is 4.90 Å². The zero-order valence-electron chi connectivity index (χ0n) is 13.6. The quantitative estimate of drug-likeness (QED) is 0.874. The number of benzene rings is 1. The van der Waals surface area contributed by atoms with Gasteiger partial charge in [-0.25, -0.2) is 0 Å². The number of carbonyl (C=O) groups is 1. The number of hydrogen-bond acceptors (Lipinski definition) is 4. The number of nitriles is 1. The molecule has 4 nitrogen and oxygen atoms in total. The minimum absolute atomic E-state index is 0.0145. The fraction of sp³-hybridized carbons (Fsp3) is 0.368. The molecule has 1 saturated heterocycles. The minimum atomic E-state index is -0.0145. The van der Waals surface area contributed by atoms with Crippen molar-refractivity contribution >= 4 is 22.2 Å². The molecule has 2 heterocycles. The van der Waals surface area contributed by atoms with Gasteiger partial charge in [0.1, 0.15) is 11.1 Å². The summed E-state index contributed by atoms with van der Waals surface area (Å²) in [5, 5.41) is 14.3. The van der Waals surface area contributed by atoms with E-state index in [0.29, 0.717) is 23.0 Å². The van der Waals surface area contributed by atoms with E-state index in [4.69, 9.17) is 5.26 Å². The molecule has 0 saturated carbocycles. The molecule has 1 N–H and O–H groups in total. The normalized spacial score (nSPS) is 17.5. The molecule has 1 amide bonds. The first-order chi connectivity index (χ1) is 11.8. The van der Waals surface area contributed by atoms with Crippen molar-refractivity contribution in [2.24, 2.45) is 0 Å². The summed E-state index contributed by atoms with van der Waals surface area (Å²) in [6, 6.07) is 14.9. The van der Waals surface area contributed by atoms with E-state index in [-0.39, 0.29) is 5.91 Å². The molecular weight excluding hydrogens is 318 g/mol. The Morgan fingerprint density at radius 2 is 2.17 bits per heavy atom. The van der Waals surface area contributed by atoms with E-state index < -0.39 is 0 Å². The molecule has 1 fully saturated rings. The summed E-state index contributed by atoms with van der Waals surface area (Å²) in [4.78, 5) is 14.6. The van der Waals surface area contributed by atoms with Crippen molar-refractivity contribution < 1.29 is 4.79 Å². The average molecular weight is 339 g/mol. The average Bonchev–Trinajstić information content (AvgIpc) is 3.23. The van der Waals surface area contributed by atoms with Crippen LogP contribution in [0, 0.1) is 11.3 Å². The molecule has 24 heavy (non-hydrogen) atoms. The Kier molecular flexibility index (Phi) is 5.63. The SMILES string of the molecule is N#Cc1ccsc1NC(=O)CCN1CCC[C@@H]1Cc1ccccc1. The van der Waals surface area contributed by atoms with Crippen molar-refractivity contribution in [2.45, 2.75) is 31.7 Å². The number of nitrogens with zero attached hydrogens (tertiary/aromatic N) is 2. The molecule has 2 aromatic rings. The Morgan fingerprint density at radius 3 is 2.96 bits per heavy atom. The maximum absolute atomic E-state index is 12.2. The molecule has 0 radical (unpaired) electrons. The van der Waals surface area contributed by atoms with Crippen molar-refractivity contribution in [3.8, 4) is 6.07 Å². The van der Waals surface area contributed by atoms with Crippen LogP contribution in [0.15, 0.2) is 41.8 Å². The Hall–Kier alpha value is -2.16. The lowest BCUT2D eigenvalue weighted by molar-refractivity contribution is -0.116. The number of anilines is 1. The first kappa shape index (κ1) is 16.7. The Balaban J connectivity index is 1.50. The van der Waals surface area contributed by atoms with Gasteiger partial charge in [0.05, 0.1) is 5.56 Å². The van der Waals surface area contributed by atoms with Crippen LogP contribution in [0.3, 0.4) is 0 Å². The molecule has 1 aliphatic heterocycles. The van der Waals surface area contributed by atoms with Crippen LogP contribution in [0.5, 0.6) is 0 Å². The van der Waals surface area contributed by atoms with E-state index in [1.165, 1.54) is 29.7 Å². The third kappa shape index (κ3) is 4.22. The van der Waals surface area contributed by atoms with Gasteiger partial charge in [-0.15, -0.1) is 11.3 Å². The summed E-state index contributed by atoms with van der Waals surface area (Å²) in [5.74, 6) is -0.0145. The second-order valence-electron chi connectivity index (χ2n) is 6.10. The van der Waals surface area contributed by atoms with Crippen molar-refractivity contribution in [3.63, 3.8) is 0 Å². The van der Waals surface area contributed by atoms with E-state index in [1.807, 2.05) is 11.4 Å². The maximum atomic E-state index is 12.2. The van der Waals surface area contributed by atoms with E-state index in [2.05, 4.69) is 40.6 Å². The largest absolute Gasteiger partial charge is 0.317 e. The van der Waals surface area contributed by atoms with Crippen LogP contribution in [0.1, 0.15) is 30.4 Å². The van der Waals surface area contributed by atoms with E-state index in [9.17, 15) is 4.79 Å².